The number of amides is 2. The number of fused-ring (bicyclic) bond motifs is 1. The zero-order valence-electron chi connectivity index (χ0n) is 15.6. The number of nitriles is 1. The minimum Gasteiger partial charge on any atom is -0.367 e. The third-order valence-electron chi connectivity index (χ3n) is 5.23. The molecule has 7 nitrogen and oxygen atoms in total. The van der Waals surface area contributed by atoms with Crippen LogP contribution < -0.4 is 4.90 Å². The Morgan fingerprint density at radius 1 is 1.03 bits per heavy atom. The van der Waals surface area contributed by atoms with E-state index in [1.54, 1.807) is 18.2 Å². The average molecular weight is 411 g/mol. The molecule has 0 aromatic heterocycles. The van der Waals surface area contributed by atoms with Crippen LogP contribution in [-0.2, 0) is 9.63 Å². The second kappa shape index (κ2) is 7.55. The molecule has 0 radical (unpaired) electrons. The van der Waals surface area contributed by atoms with Crippen LogP contribution >= 0.6 is 0 Å². The molecule has 2 aromatic rings. The number of carbonyl (C=O) groups is 3. The minimum absolute atomic E-state index is 0.117. The first-order valence-corrected chi connectivity index (χ1v) is 9.24. The molecule has 1 saturated heterocycles. The molecule has 9 heteroatoms. The molecule has 2 aliphatic rings. The smallest absolute Gasteiger partial charge is 0.336 e. The van der Waals surface area contributed by atoms with Crippen molar-refractivity contribution in [3.8, 4) is 6.07 Å². The maximum absolute atomic E-state index is 14.2. The molecule has 30 heavy (non-hydrogen) atoms. The summed E-state index contributed by atoms with van der Waals surface area (Å²) in [6, 6.07) is 9.76. The quantitative estimate of drug-likeness (QED) is 0.722. The van der Waals surface area contributed by atoms with Crippen molar-refractivity contribution < 1.29 is 28.0 Å². The first-order chi connectivity index (χ1) is 14.4. The van der Waals surface area contributed by atoms with Crippen LogP contribution in [0.25, 0.3) is 0 Å². The van der Waals surface area contributed by atoms with Gasteiger partial charge in [0, 0.05) is 13.1 Å². The predicted octanol–water partition coefficient (Wildman–Crippen LogP) is 2.81. The number of halogens is 2. The summed E-state index contributed by atoms with van der Waals surface area (Å²) in [4.78, 5) is 43.6. The summed E-state index contributed by atoms with van der Waals surface area (Å²) < 4.78 is 28.4. The maximum Gasteiger partial charge on any atom is 0.336 e. The highest BCUT2D eigenvalue weighted by Crippen LogP contribution is 2.30. The molecule has 2 amide bonds. The number of anilines is 1. The normalized spacial score (nSPS) is 16.4. The SMILES string of the molecule is N#Cc1cc(F)c(N2CCC(C(=O)ON3C(=O)c4ccccc4C3=O)CC2)c(F)c1. The van der Waals surface area contributed by atoms with E-state index in [0.29, 0.717) is 5.06 Å². The van der Waals surface area contributed by atoms with Crippen LogP contribution in [0.1, 0.15) is 39.1 Å². The number of hydrogen-bond donors (Lipinski definition) is 0. The Morgan fingerprint density at radius 3 is 2.07 bits per heavy atom. The van der Waals surface area contributed by atoms with Gasteiger partial charge in [-0.2, -0.15) is 5.26 Å². The third-order valence-corrected chi connectivity index (χ3v) is 5.23. The number of imide groups is 1. The lowest BCUT2D eigenvalue weighted by molar-refractivity contribution is -0.174. The standard InChI is InChI=1S/C21H15F2N3O4/c22-16-9-12(11-24)10-17(23)18(16)25-7-5-13(6-8-25)21(29)30-26-19(27)14-3-1-2-4-15(14)20(26)28/h1-4,9-10,13H,5-8H2. The van der Waals surface area contributed by atoms with Crippen LogP contribution in [0.15, 0.2) is 36.4 Å². The zero-order valence-corrected chi connectivity index (χ0v) is 15.6. The average Bonchev–Trinajstić information content (AvgIpc) is 2.98. The third kappa shape index (κ3) is 3.26. The Hall–Kier alpha value is -3.80. The number of rotatable bonds is 3. The van der Waals surface area contributed by atoms with Crippen LogP contribution in [0.3, 0.4) is 0 Å². The molecule has 0 spiro atoms. The second-order valence-electron chi connectivity index (χ2n) is 7.02. The van der Waals surface area contributed by atoms with Gasteiger partial charge in [-0.25, -0.2) is 13.6 Å². The van der Waals surface area contributed by atoms with E-state index in [9.17, 15) is 23.2 Å². The van der Waals surface area contributed by atoms with Gasteiger partial charge in [0.05, 0.1) is 28.7 Å². The second-order valence-corrected chi connectivity index (χ2v) is 7.02. The topological polar surface area (TPSA) is 90.7 Å². The van der Waals surface area contributed by atoms with Gasteiger partial charge in [-0.05, 0) is 37.1 Å². The molecule has 4 rings (SSSR count). The monoisotopic (exact) mass is 411 g/mol. The van der Waals surface area contributed by atoms with Crippen LogP contribution in [-0.4, -0.2) is 35.9 Å². The first-order valence-electron chi connectivity index (χ1n) is 9.24. The fourth-order valence-corrected chi connectivity index (χ4v) is 3.69. The van der Waals surface area contributed by atoms with Crippen molar-refractivity contribution in [3.63, 3.8) is 0 Å². The Kier molecular flexibility index (Phi) is 4.91. The fourth-order valence-electron chi connectivity index (χ4n) is 3.69. The van der Waals surface area contributed by atoms with Crippen molar-refractivity contribution in [1.29, 1.82) is 5.26 Å². The van der Waals surface area contributed by atoms with Crippen LogP contribution in [0, 0.1) is 28.9 Å². The summed E-state index contributed by atoms with van der Waals surface area (Å²) in [5.41, 5.74) is -0.0388. The van der Waals surface area contributed by atoms with Gasteiger partial charge in [0.25, 0.3) is 11.8 Å². The van der Waals surface area contributed by atoms with E-state index >= 15 is 0 Å². The molecule has 2 aromatic carbocycles. The first kappa shape index (κ1) is 19.5. The Balaban J connectivity index is 1.41. The summed E-state index contributed by atoms with van der Waals surface area (Å²) in [6.45, 7) is 0.337. The van der Waals surface area contributed by atoms with E-state index in [2.05, 4.69) is 0 Å². The van der Waals surface area contributed by atoms with E-state index < -0.39 is 35.3 Å². The highest BCUT2D eigenvalue weighted by molar-refractivity contribution is 6.20. The van der Waals surface area contributed by atoms with Gasteiger partial charge in [0.1, 0.15) is 5.69 Å². The van der Waals surface area contributed by atoms with Gasteiger partial charge in [-0.3, -0.25) is 9.59 Å². The molecule has 0 saturated carbocycles. The summed E-state index contributed by atoms with van der Waals surface area (Å²) in [5, 5.41) is 9.25. The summed E-state index contributed by atoms with van der Waals surface area (Å²) in [7, 11) is 0. The molecule has 0 aliphatic carbocycles. The number of hydrogen-bond acceptors (Lipinski definition) is 6. The molecule has 0 N–H and O–H groups in total. The van der Waals surface area contributed by atoms with E-state index in [4.69, 9.17) is 10.1 Å². The van der Waals surface area contributed by atoms with Crippen molar-refractivity contribution in [3.05, 3.63) is 64.7 Å². The van der Waals surface area contributed by atoms with Crippen molar-refractivity contribution in [1.82, 2.24) is 5.06 Å². The largest absolute Gasteiger partial charge is 0.367 e. The lowest BCUT2D eigenvalue weighted by Gasteiger charge is -2.33. The Labute approximate surface area is 170 Å². The molecule has 2 heterocycles. The number of piperidine rings is 1. The van der Waals surface area contributed by atoms with E-state index in [-0.39, 0.29) is 48.3 Å². The molecule has 0 atom stereocenters. The number of hydroxylamine groups is 2. The van der Waals surface area contributed by atoms with Crippen LogP contribution in [0.2, 0.25) is 0 Å². The Morgan fingerprint density at radius 2 is 1.57 bits per heavy atom. The van der Waals surface area contributed by atoms with Crippen molar-refractivity contribution >= 4 is 23.5 Å². The fraction of sp³-hybridized carbons (Fsp3) is 0.238. The van der Waals surface area contributed by atoms with E-state index in [1.165, 1.54) is 17.0 Å². The van der Waals surface area contributed by atoms with Crippen LogP contribution in [0.5, 0.6) is 0 Å². The zero-order chi connectivity index (χ0) is 21.4. The lowest BCUT2D eigenvalue weighted by atomic mass is 9.96. The molecule has 2 aliphatic heterocycles. The van der Waals surface area contributed by atoms with Gasteiger partial charge >= 0.3 is 5.97 Å². The van der Waals surface area contributed by atoms with E-state index in [1.807, 2.05) is 0 Å². The highest BCUT2D eigenvalue weighted by atomic mass is 19.1. The predicted molar refractivity (Wildman–Crippen MR) is 99.0 cm³/mol. The molecule has 0 unspecified atom stereocenters. The Bertz CT molecular complexity index is 1050. The summed E-state index contributed by atoms with van der Waals surface area (Å²) in [6.07, 6.45) is 0.446. The minimum atomic E-state index is -0.849. The maximum atomic E-state index is 14.2. The highest BCUT2D eigenvalue weighted by Gasteiger charge is 2.40. The van der Waals surface area contributed by atoms with Gasteiger partial charge in [-0.1, -0.05) is 17.2 Å². The van der Waals surface area contributed by atoms with Gasteiger partial charge in [0.15, 0.2) is 11.6 Å². The molecular weight excluding hydrogens is 396 g/mol. The van der Waals surface area contributed by atoms with Crippen molar-refractivity contribution in [2.45, 2.75) is 12.8 Å². The molecular formula is C21H15F2N3O4. The molecule has 1 fully saturated rings. The molecule has 152 valence electrons. The van der Waals surface area contributed by atoms with Gasteiger partial charge < -0.3 is 9.74 Å². The van der Waals surface area contributed by atoms with Gasteiger partial charge in [-0.15, -0.1) is 0 Å². The van der Waals surface area contributed by atoms with Crippen molar-refractivity contribution in [2.24, 2.45) is 5.92 Å². The lowest BCUT2D eigenvalue weighted by Crippen LogP contribution is -2.41. The number of benzene rings is 2. The van der Waals surface area contributed by atoms with E-state index in [0.717, 1.165) is 12.1 Å². The summed E-state index contributed by atoms with van der Waals surface area (Å²) >= 11 is 0. The molecule has 0 bridgehead atoms. The van der Waals surface area contributed by atoms with Crippen LogP contribution in [0.4, 0.5) is 14.5 Å². The number of carbonyl (C=O) groups excluding carboxylic acids is 3. The number of nitrogens with zero attached hydrogens (tertiary/aromatic N) is 3. The van der Waals surface area contributed by atoms with Crippen molar-refractivity contribution in [2.75, 3.05) is 18.0 Å². The summed E-state index contributed by atoms with van der Waals surface area (Å²) in [5.74, 6) is -4.48. The van der Waals surface area contributed by atoms with Gasteiger partial charge in [0.2, 0.25) is 0 Å².